The molecule has 1 aromatic carbocycles. The summed E-state index contributed by atoms with van der Waals surface area (Å²) in [5, 5.41) is -0.364. The van der Waals surface area contributed by atoms with Crippen molar-refractivity contribution in [3.63, 3.8) is 0 Å². The first-order chi connectivity index (χ1) is 6.98. The molecule has 2 nitrogen and oxygen atoms in total. The topological polar surface area (TPSA) is 34.1 Å². The molecule has 2 rings (SSSR count). The first-order valence-electron chi connectivity index (χ1n) is 4.94. The van der Waals surface area contributed by atoms with Crippen LogP contribution < -0.4 is 0 Å². The number of rotatable bonds is 1. The third-order valence-electron chi connectivity index (χ3n) is 2.75. The van der Waals surface area contributed by atoms with Gasteiger partial charge in [-0.2, -0.15) is 0 Å². The van der Waals surface area contributed by atoms with E-state index in [1.807, 2.05) is 37.3 Å². The summed E-state index contributed by atoms with van der Waals surface area (Å²) in [7, 11) is -3.01. The van der Waals surface area contributed by atoms with Crippen LogP contribution in [-0.2, 0) is 9.84 Å². The highest BCUT2D eigenvalue weighted by Gasteiger charge is 2.25. The minimum atomic E-state index is -3.01. The second-order valence-corrected chi connectivity index (χ2v) is 6.32. The van der Waals surface area contributed by atoms with Gasteiger partial charge in [0.25, 0.3) is 0 Å². The second kappa shape index (κ2) is 3.49. The molecule has 3 heteroatoms. The molecule has 0 N–H and O–H groups in total. The fourth-order valence-electron chi connectivity index (χ4n) is 1.98. The van der Waals surface area contributed by atoms with Gasteiger partial charge in [-0.05, 0) is 24.5 Å². The lowest BCUT2D eigenvalue weighted by Gasteiger charge is -2.20. The van der Waals surface area contributed by atoms with Crippen molar-refractivity contribution < 1.29 is 8.42 Å². The Kier molecular flexibility index (Phi) is 2.43. The number of fused-ring (bicyclic) bond motifs is 1. The number of allylic oxidation sites excluding steroid dienone is 1. The van der Waals surface area contributed by atoms with Gasteiger partial charge in [0, 0.05) is 6.26 Å². The van der Waals surface area contributed by atoms with E-state index in [-0.39, 0.29) is 5.25 Å². The molecule has 0 saturated carbocycles. The van der Waals surface area contributed by atoms with Gasteiger partial charge in [0.15, 0.2) is 9.84 Å². The molecule has 0 amide bonds. The maximum atomic E-state index is 11.6. The summed E-state index contributed by atoms with van der Waals surface area (Å²) in [6, 6.07) is 5.97. The normalized spacial score (nSPS) is 20.0. The van der Waals surface area contributed by atoms with E-state index in [0.29, 0.717) is 6.42 Å². The van der Waals surface area contributed by atoms with Crippen molar-refractivity contribution in [2.45, 2.75) is 18.6 Å². The van der Waals surface area contributed by atoms with E-state index in [0.717, 1.165) is 16.7 Å². The molecule has 0 fully saturated rings. The molecule has 0 saturated heterocycles. The van der Waals surface area contributed by atoms with E-state index in [4.69, 9.17) is 0 Å². The van der Waals surface area contributed by atoms with Crippen molar-refractivity contribution in [3.8, 4) is 0 Å². The number of sulfone groups is 1. The van der Waals surface area contributed by atoms with Gasteiger partial charge in [0.2, 0.25) is 0 Å². The summed E-state index contributed by atoms with van der Waals surface area (Å²) in [5.74, 6) is 0. The number of aryl methyl sites for hydroxylation is 1. The van der Waals surface area contributed by atoms with Gasteiger partial charge in [0.05, 0.1) is 5.25 Å². The maximum Gasteiger partial charge on any atom is 0.154 e. The quantitative estimate of drug-likeness (QED) is 0.731. The summed E-state index contributed by atoms with van der Waals surface area (Å²) < 4.78 is 23.3. The van der Waals surface area contributed by atoms with Crippen molar-refractivity contribution in [2.75, 3.05) is 6.26 Å². The lowest BCUT2D eigenvalue weighted by Crippen LogP contribution is -2.14. The molecular formula is C12H14O2S. The maximum absolute atomic E-state index is 11.6. The summed E-state index contributed by atoms with van der Waals surface area (Å²) in [4.78, 5) is 0. The van der Waals surface area contributed by atoms with Gasteiger partial charge in [-0.25, -0.2) is 8.42 Å². The van der Waals surface area contributed by atoms with Crippen LogP contribution in [0, 0.1) is 6.92 Å². The van der Waals surface area contributed by atoms with Crippen molar-refractivity contribution in [3.05, 3.63) is 41.0 Å². The van der Waals surface area contributed by atoms with Crippen molar-refractivity contribution in [1.29, 1.82) is 0 Å². The van der Waals surface area contributed by atoms with Crippen LogP contribution in [0.15, 0.2) is 24.3 Å². The van der Waals surface area contributed by atoms with Crippen LogP contribution in [0.4, 0.5) is 0 Å². The van der Waals surface area contributed by atoms with E-state index in [2.05, 4.69) is 0 Å². The average Bonchev–Trinajstić information content (AvgIpc) is 2.15. The van der Waals surface area contributed by atoms with Gasteiger partial charge in [0.1, 0.15) is 0 Å². The molecule has 1 aromatic rings. The standard InChI is InChI=1S/C12H14O2S/c1-9-6-7-10-4-3-5-12(11(10)8-9)15(2,13)14/h3-4,6-8,12H,5H2,1-2H3. The molecule has 0 spiro atoms. The second-order valence-electron chi connectivity index (χ2n) is 4.09. The highest BCUT2D eigenvalue weighted by atomic mass is 32.2. The van der Waals surface area contributed by atoms with Crippen LogP contribution in [-0.4, -0.2) is 14.7 Å². The van der Waals surface area contributed by atoms with Crippen LogP contribution in [0.3, 0.4) is 0 Å². The predicted molar refractivity (Wildman–Crippen MR) is 62.4 cm³/mol. The Morgan fingerprint density at radius 3 is 2.73 bits per heavy atom. The monoisotopic (exact) mass is 222 g/mol. The van der Waals surface area contributed by atoms with E-state index < -0.39 is 9.84 Å². The molecule has 0 aromatic heterocycles. The number of hydrogen-bond acceptors (Lipinski definition) is 2. The lowest BCUT2D eigenvalue weighted by atomic mass is 9.95. The predicted octanol–water partition coefficient (Wildman–Crippen LogP) is 2.50. The minimum absolute atomic E-state index is 0.364. The van der Waals surface area contributed by atoms with Crippen LogP contribution in [0.5, 0.6) is 0 Å². The third-order valence-corrected chi connectivity index (χ3v) is 4.23. The average molecular weight is 222 g/mol. The van der Waals surface area contributed by atoms with Crippen molar-refractivity contribution in [2.24, 2.45) is 0 Å². The first kappa shape index (κ1) is 10.4. The fraction of sp³-hybridized carbons (Fsp3) is 0.333. The zero-order valence-electron chi connectivity index (χ0n) is 8.90. The summed E-state index contributed by atoms with van der Waals surface area (Å²) in [6.45, 7) is 1.98. The Bertz CT molecular complexity index is 512. The Morgan fingerprint density at radius 1 is 1.33 bits per heavy atom. The number of benzene rings is 1. The molecule has 0 radical (unpaired) electrons. The molecule has 0 heterocycles. The van der Waals surface area contributed by atoms with Gasteiger partial charge < -0.3 is 0 Å². The highest BCUT2D eigenvalue weighted by molar-refractivity contribution is 7.90. The van der Waals surface area contributed by atoms with Crippen molar-refractivity contribution in [1.82, 2.24) is 0 Å². The third kappa shape index (κ3) is 1.97. The Balaban J connectivity index is 2.60. The van der Waals surface area contributed by atoms with E-state index in [9.17, 15) is 8.42 Å². The zero-order chi connectivity index (χ0) is 11.1. The Morgan fingerprint density at radius 2 is 2.07 bits per heavy atom. The van der Waals surface area contributed by atoms with E-state index in [1.165, 1.54) is 6.26 Å². The highest BCUT2D eigenvalue weighted by Crippen LogP contribution is 2.33. The Labute approximate surface area is 90.6 Å². The van der Waals surface area contributed by atoms with Crippen LogP contribution in [0.25, 0.3) is 6.08 Å². The molecule has 1 atom stereocenters. The summed E-state index contributed by atoms with van der Waals surface area (Å²) in [5.41, 5.74) is 3.08. The van der Waals surface area contributed by atoms with Gasteiger partial charge in [-0.1, -0.05) is 35.9 Å². The Hall–Kier alpha value is -1.09. The van der Waals surface area contributed by atoms with Crippen molar-refractivity contribution >= 4 is 15.9 Å². The number of hydrogen-bond donors (Lipinski definition) is 0. The largest absolute Gasteiger partial charge is 0.228 e. The summed E-state index contributed by atoms with van der Waals surface area (Å²) in [6.07, 6.45) is 5.83. The molecule has 0 bridgehead atoms. The lowest BCUT2D eigenvalue weighted by molar-refractivity contribution is 0.587. The van der Waals surface area contributed by atoms with E-state index >= 15 is 0 Å². The van der Waals surface area contributed by atoms with Crippen LogP contribution >= 0.6 is 0 Å². The molecular weight excluding hydrogens is 208 g/mol. The zero-order valence-corrected chi connectivity index (χ0v) is 9.71. The van der Waals surface area contributed by atoms with Gasteiger partial charge in [-0.3, -0.25) is 0 Å². The van der Waals surface area contributed by atoms with E-state index in [1.54, 1.807) is 0 Å². The van der Waals surface area contributed by atoms with Crippen LogP contribution in [0.1, 0.15) is 28.4 Å². The van der Waals surface area contributed by atoms with Crippen LogP contribution in [0.2, 0.25) is 0 Å². The smallest absolute Gasteiger partial charge is 0.154 e. The first-order valence-corrected chi connectivity index (χ1v) is 6.90. The summed E-state index contributed by atoms with van der Waals surface area (Å²) >= 11 is 0. The molecule has 1 unspecified atom stereocenters. The molecule has 0 aliphatic heterocycles. The minimum Gasteiger partial charge on any atom is -0.228 e. The fourth-order valence-corrected chi connectivity index (χ4v) is 3.10. The van der Waals surface area contributed by atoms with Gasteiger partial charge >= 0.3 is 0 Å². The molecule has 1 aliphatic rings. The molecule has 1 aliphatic carbocycles. The SMILES string of the molecule is Cc1ccc2c(c1)C(S(C)(=O)=O)CC=C2. The molecule has 80 valence electrons. The molecule has 15 heavy (non-hydrogen) atoms. The van der Waals surface area contributed by atoms with Gasteiger partial charge in [-0.15, -0.1) is 0 Å².